The standard InChI is InChI=1S/C20H21ClN2O5S/c21-16-4-5-19-14(11-16)10-15(13-28-19)20(24)22-17-2-1-3-18(12-17)29(25,26)23-6-8-27-9-7-23/h1-5,11-12,15H,6-10,13H2,(H,22,24). The van der Waals surface area contributed by atoms with E-state index >= 15 is 0 Å². The maximum Gasteiger partial charge on any atom is 0.243 e. The van der Waals surface area contributed by atoms with Crippen molar-refractivity contribution >= 4 is 33.2 Å². The number of hydrogen-bond donors (Lipinski definition) is 1. The van der Waals surface area contributed by atoms with Gasteiger partial charge in [0.15, 0.2) is 0 Å². The van der Waals surface area contributed by atoms with Gasteiger partial charge in [0.1, 0.15) is 12.4 Å². The number of sulfonamides is 1. The van der Waals surface area contributed by atoms with Crippen molar-refractivity contribution in [3.63, 3.8) is 0 Å². The van der Waals surface area contributed by atoms with Crippen LogP contribution in [0.15, 0.2) is 47.4 Å². The molecule has 1 fully saturated rings. The average molecular weight is 437 g/mol. The summed E-state index contributed by atoms with van der Waals surface area (Å²) in [4.78, 5) is 12.9. The number of anilines is 1. The van der Waals surface area contributed by atoms with Gasteiger partial charge >= 0.3 is 0 Å². The Labute approximate surface area is 174 Å². The van der Waals surface area contributed by atoms with Crippen LogP contribution in [0.1, 0.15) is 5.56 Å². The van der Waals surface area contributed by atoms with Crippen molar-refractivity contribution in [1.82, 2.24) is 4.31 Å². The van der Waals surface area contributed by atoms with E-state index < -0.39 is 10.0 Å². The van der Waals surface area contributed by atoms with Crippen molar-refractivity contribution in [3.8, 4) is 5.75 Å². The second kappa shape index (κ2) is 8.31. The van der Waals surface area contributed by atoms with Gasteiger partial charge in [-0.2, -0.15) is 4.31 Å². The average Bonchev–Trinajstić information content (AvgIpc) is 2.74. The van der Waals surface area contributed by atoms with Crippen molar-refractivity contribution in [2.75, 3.05) is 38.2 Å². The third-order valence-electron chi connectivity index (χ3n) is 5.01. The molecule has 2 aliphatic rings. The number of nitrogens with one attached hydrogen (secondary N) is 1. The van der Waals surface area contributed by atoms with Crippen molar-refractivity contribution < 1.29 is 22.7 Å². The number of halogens is 1. The number of carbonyl (C=O) groups is 1. The number of amides is 1. The molecule has 2 aromatic carbocycles. The van der Waals surface area contributed by atoms with E-state index in [-0.39, 0.29) is 23.3 Å². The quantitative estimate of drug-likeness (QED) is 0.796. The van der Waals surface area contributed by atoms with Crippen molar-refractivity contribution in [2.24, 2.45) is 5.92 Å². The first-order valence-corrected chi connectivity index (χ1v) is 11.2. The third kappa shape index (κ3) is 4.40. The molecule has 29 heavy (non-hydrogen) atoms. The Balaban J connectivity index is 1.47. The molecule has 1 amide bonds. The second-order valence-electron chi connectivity index (χ2n) is 7.00. The van der Waals surface area contributed by atoms with Crippen LogP contribution in [0.25, 0.3) is 0 Å². The molecule has 0 aromatic heterocycles. The monoisotopic (exact) mass is 436 g/mol. The van der Waals surface area contributed by atoms with Gasteiger partial charge in [0.05, 0.1) is 24.0 Å². The highest BCUT2D eigenvalue weighted by atomic mass is 35.5. The largest absolute Gasteiger partial charge is 0.492 e. The van der Waals surface area contributed by atoms with Crippen LogP contribution in [0.3, 0.4) is 0 Å². The first kappa shape index (κ1) is 20.2. The summed E-state index contributed by atoms with van der Waals surface area (Å²) in [5.41, 5.74) is 1.31. The predicted molar refractivity (Wildman–Crippen MR) is 109 cm³/mol. The summed E-state index contributed by atoms with van der Waals surface area (Å²) < 4.78 is 37.9. The van der Waals surface area contributed by atoms with Crippen LogP contribution in [0, 0.1) is 5.92 Å². The van der Waals surface area contributed by atoms with E-state index in [1.807, 2.05) is 0 Å². The lowest BCUT2D eigenvalue weighted by Crippen LogP contribution is -2.40. The summed E-state index contributed by atoms with van der Waals surface area (Å²) in [5.74, 6) is 0.120. The van der Waals surface area contributed by atoms with Crippen LogP contribution in [-0.2, 0) is 26.0 Å². The fourth-order valence-electron chi connectivity index (χ4n) is 3.45. The fraction of sp³-hybridized carbons (Fsp3) is 0.350. The molecule has 7 nitrogen and oxygen atoms in total. The normalized spacial score (nSPS) is 19.8. The minimum absolute atomic E-state index is 0.147. The summed E-state index contributed by atoms with van der Waals surface area (Å²) >= 11 is 6.03. The number of hydrogen-bond acceptors (Lipinski definition) is 5. The second-order valence-corrected chi connectivity index (χ2v) is 9.37. The summed E-state index contributed by atoms with van der Waals surface area (Å²) in [7, 11) is -3.63. The molecule has 1 unspecified atom stereocenters. The van der Waals surface area contributed by atoms with Gasteiger partial charge in [0.2, 0.25) is 15.9 Å². The van der Waals surface area contributed by atoms with Crippen LogP contribution >= 0.6 is 11.6 Å². The molecular weight excluding hydrogens is 416 g/mol. The Kier molecular flexibility index (Phi) is 5.78. The first-order chi connectivity index (χ1) is 13.9. The van der Waals surface area contributed by atoms with Gasteiger partial charge in [-0.25, -0.2) is 8.42 Å². The summed E-state index contributed by atoms with van der Waals surface area (Å²) in [6, 6.07) is 11.7. The number of morpholine rings is 1. The maximum atomic E-state index is 12.8. The third-order valence-corrected chi connectivity index (χ3v) is 7.14. The van der Waals surface area contributed by atoms with Crippen molar-refractivity contribution in [1.29, 1.82) is 0 Å². The minimum atomic E-state index is -3.63. The van der Waals surface area contributed by atoms with E-state index in [2.05, 4.69) is 5.32 Å². The number of carbonyl (C=O) groups excluding carboxylic acids is 1. The molecule has 0 bridgehead atoms. The summed E-state index contributed by atoms with van der Waals surface area (Å²) in [5, 5.41) is 3.40. The highest BCUT2D eigenvalue weighted by Crippen LogP contribution is 2.30. The Hall–Kier alpha value is -2.13. The van der Waals surface area contributed by atoms with Gasteiger partial charge in [-0.05, 0) is 48.4 Å². The topological polar surface area (TPSA) is 84.9 Å². The predicted octanol–water partition coefficient (Wildman–Crippen LogP) is 2.55. The van der Waals surface area contributed by atoms with E-state index in [0.717, 1.165) is 11.3 Å². The van der Waals surface area contributed by atoms with E-state index in [1.165, 1.54) is 16.4 Å². The Morgan fingerprint density at radius 3 is 2.72 bits per heavy atom. The minimum Gasteiger partial charge on any atom is -0.492 e. The number of rotatable bonds is 4. The van der Waals surface area contributed by atoms with Crippen LogP contribution in [0.5, 0.6) is 5.75 Å². The van der Waals surface area contributed by atoms with Gasteiger partial charge in [0, 0.05) is 23.8 Å². The lowest BCUT2D eigenvalue weighted by atomic mass is 9.96. The Morgan fingerprint density at radius 2 is 1.93 bits per heavy atom. The first-order valence-electron chi connectivity index (χ1n) is 9.33. The molecule has 2 aliphatic heterocycles. The van der Waals surface area contributed by atoms with E-state index in [0.29, 0.717) is 43.4 Å². The van der Waals surface area contributed by atoms with Crippen LogP contribution in [0.2, 0.25) is 5.02 Å². The van der Waals surface area contributed by atoms with E-state index in [9.17, 15) is 13.2 Å². The molecule has 1 saturated heterocycles. The molecule has 0 saturated carbocycles. The maximum absolute atomic E-state index is 12.8. The molecule has 1 atom stereocenters. The van der Waals surface area contributed by atoms with E-state index in [1.54, 1.807) is 30.3 Å². The molecule has 2 aromatic rings. The molecular formula is C20H21ClN2O5S. The zero-order valence-corrected chi connectivity index (χ0v) is 17.2. The van der Waals surface area contributed by atoms with Gasteiger partial charge in [0.25, 0.3) is 0 Å². The molecule has 9 heteroatoms. The number of benzene rings is 2. The highest BCUT2D eigenvalue weighted by molar-refractivity contribution is 7.89. The molecule has 0 spiro atoms. The van der Waals surface area contributed by atoms with Crippen molar-refractivity contribution in [2.45, 2.75) is 11.3 Å². The van der Waals surface area contributed by atoms with Crippen LogP contribution in [-0.4, -0.2) is 51.5 Å². The molecule has 0 radical (unpaired) electrons. The highest BCUT2D eigenvalue weighted by Gasteiger charge is 2.28. The lowest BCUT2D eigenvalue weighted by Gasteiger charge is -2.26. The number of ether oxygens (including phenoxy) is 2. The SMILES string of the molecule is O=C(Nc1cccc(S(=O)(=O)N2CCOCC2)c1)C1COc2ccc(Cl)cc2C1. The zero-order valence-electron chi connectivity index (χ0n) is 15.6. The van der Waals surface area contributed by atoms with Gasteiger partial charge in [-0.15, -0.1) is 0 Å². The molecule has 2 heterocycles. The summed E-state index contributed by atoms with van der Waals surface area (Å²) in [6.07, 6.45) is 0.507. The van der Waals surface area contributed by atoms with Crippen LogP contribution in [0.4, 0.5) is 5.69 Å². The zero-order chi connectivity index (χ0) is 20.4. The molecule has 1 N–H and O–H groups in total. The lowest BCUT2D eigenvalue weighted by molar-refractivity contribution is -0.121. The Bertz CT molecular complexity index is 1020. The number of fused-ring (bicyclic) bond motifs is 1. The molecule has 0 aliphatic carbocycles. The van der Waals surface area contributed by atoms with E-state index in [4.69, 9.17) is 21.1 Å². The van der Waals surface area contributed by atoms with Gasteiger partial charge in [-0.3, -0.25) is 4.79 Å². The summed E-state index contributed by atoms with van der Waals surface area (Å²) in [6.45, 7) is 1.65. The van der Waals surface area contributed by atoms with Gasteiger partial charge < -0.3 is 14.8 Å². The molecule has 4 rings (SSSR count). The van der Waals surface area contributed by atoms with Crippen molar-refractivity contribution in [3.05, 3.63) is 53.1 Å². The smallest absolute Gasteiger partial charge is 0.243 e. The van der Waals surface area contributed by atoms with Gasteiger partial charge in [-0.1, -0.05) is 17.7 Å². The Morgan fingerprint density at radius 1 is 1.14 bits per heavy atom. The fourth-order valence-corrected chi connectivity index (χ4v) is 5.10. The van der Waals surface area contributed by atoms with Crippen LogP contribution < -0.4 is 10.1 Å². The number of nitrogens with zero attached hydrogens (tertiary/aromatic N) is 1. The molecule has 154 valence electrons.